The first-order valence-corrected chi connectivity index (χ1v) is 6.23. The predicted molar refractivity (Wildman–Crippen MR) is 58.5 cm³/mol. The van der Waals surface area contributed by atoms with Crippen LogP contribution < -0.4 is 5.32 Å². The van der Waals surface area contributed by atoms with Crippen molar-refractivity contribution >= 4 is 5.97 Å². The fourth-order valence-electron chi connectivity index (χ4n) is 3.10. The minimum atomic E-state index is -0.0332. The molecule has 0 amide bonds. The highest BCUT2D eigenvalue weighted by Crippen LogP contribution is 2.36. The Morgan fingerprint density at radius 1 is 1.33 bits per heavy atom. The molecule has 0 aromatic carbocycles. The summed E-state index contributed by atoms with van der Waals surface area (Å²) in [5.41, 5.74) is 0. The van der Waals surface area contributed by atoms with Gasteiger partial charge in [-0.25, -0.2) is 0 Å². The number of hydrogen-bond acceptors (Lipinski definition) is 3. The minimum Gasteiger partial charge on any atom is -0.465 e. The van der Waals surface area contributed by atoms with E-state index in [2.05, 4.69) is 5.32 Å². The lowest BCUT2D eigenvalue weighted by molar-refractivity contribution is -0.149. The Hall–Kier alpha value is -0.570. The Morgan fingerprint density at radius 3 is 2.93 bits per heavy atom. The van der Waals surface area contributed by atoms with Gasteiger partial charge in [-0.2, -0.15) is 0 Å². The average molecular weight is 211 g/mol. The number of nitrogens with one attached hydrogen (secondary N) is 1. The maximum absolute atomic E-state index is 11.8. The van der Waals surface area contributed by atoms with Gasteiger partial charge in [-0.05, 0) is 38.1 Å². The fourth-order valence-corrected chi connectivity index (χ4v) is 3.10. The quantitative estimate of drug-likeness (QED) is 0.707. The SMILES string of the molecule is CCOC(=O)C1NCC[C@@H]2CCCC[C@@H]12. The van der Waals surface area contributed by atoms with Gasteiger partial charge in [0.05, 0.1) is 6.61 Å². The van der Waals surface area contributed by atoms with Crippen molar-refractivity contribution in [3.8, 4) is 0 Å². The summed E-state index contributed by atoms with van der Waals surface area (Å²) in [7, 11) is 0. The highest BCUT2D eigenvalue weighted by molar-refractivity contribution is 5.76. The zero-order valence-electron chi connectivity index (χ0n) is 9.50. The highest BCUT2D eigenvalue weighted by Gasteiger charge is 2.38. The molecule has 1 aliphatic carbocycles. The zero-order chi connectivity index (χ0) is 10.7. The van der Waals surface area contributed by atoms with Crippen LogP contribution in [0.1, 0.15) is 39.0 Å². The van der Waals surface area contributed by atoms with Gasteiger partial charge in [0.15, 0.2) is 0 Å². The largest absolute Gasteiger partial charge is 0.465 e. The van der Waals surface area contributed by atoms with Crippen molar-refractivity contribution < 1.29 is 9.53 Å². The molecule has 0 spiro atoms. The second kappa shape index (κ2) is 4.97. The number of hydrogen-bond donors (Lipinski definition) is 1. The summed E-state index contributed by atoms with van der Waals surface area (Å²) in [5.74, 6) is 1.26. The molecule has 2 rings (SSSR count). The van der Waals surface area contributed by atoms with Crippen molar-refractivity contribution in [2.75, 3.05) is 13.2 Å². The van der Waals surface area contributed by atoms with Crippen molar-refractivity contribution in [3.63, 3.8) is 0 Å². The summed E-state index contributed by atoms with van der Waals surface area (Å²) < 4.78 is 5.13. The lowest BCUT2D eigenvalue weighted by Gasteiger charge is -2.40. The monoisotopic (exact) mass is 211 g/mol. The first-order chi connectivity index (χ1) is 7.33. The van der Waals surface area contributed by atoms with Gasteiger partial charge in [-0.3, -0.25) is 4.79 Å². The van der Waals surface area contributed by atoms with E-state index in [9.17, 15) is 4.79 Å². The molecular formula is C12H21NO2. The molecule has 3 atom stereocenters. The predicted octanol–water partition coefficient (Wildman–Crippen LogP) is 1.72. The van der Waals surface area contributed by atoms with Crippen molar-refractivity contribution in [2.45, 2.75) is 45.1 Å². The fraction of sp³-hybridized carbons (Fsp3) is 0.917. The molecule has 1 N–H and O–H groups in total. The molecule has 1 saturated carbocycles. The van der Waals surface area contributed by atoms with E-state index < -0.39 is 0 Å². The second-order valence-corrected chi connectivity index (χ2v) is 4.68. The third-order valence-electron chi connectivity index (χ3n) is 3.82. The van der Waals surface area contributed by atoms with Crippen LogP contribution in [0.15, 0.2) is 0 Å². The topological polar surface area (TPSA) is 38.3 Å². The van der Waals surface area contributed by atoms with Crippen LogP contribution in [0.3, 0.4) is 0 Å². The van der Waals surface area contributed by atoms with Gasteiger partial charge in [-0.1, -0.05) is 19.3 Å². The number of carbonyl (C=O) groups is 1. The normalized spacial score (nSPS) is 35.7. The Morgan fingerprint density at radius 2 is 2.13 bits per heavy atom. The molecule has 86 valence electrons. The molecule has 0 aromatic heterocycles. The second-order valence-electron chi connectivity index (χ2n) is 4.68. The van der Waals surface area contributed by atoms with Crippen LogP contribution in [0.5, 0.6) is 0 Å². The smallest absolute Gasteiger partial charge is 0.323 e. The maximum atomic E-state index is 11.8. The molecule has 15 heavy (non-hydrogen) atoms. The van der Waals surface area contributed by atoms with Crippen LogP contribution in [-0.4, -0.2) is 25.2 Å². The molecule has 2 fully saturated rings. The van der Waals surface area contributed by atoms with E-state index in [1.807, 2.05) is 6.92 Å². The maximum Gasteiger partial charge on any atom is 0.323 e. The number of ether oxygens (including phenoxy) is 1. The van der Waals surface area contributed by atoms with Crippen molar-refractivity contribution in [2.24, 2.45) is 11.8 Å². The van der Waals surface area contributed by atoms with Gasteiger partial charge in [0.25, 0.3) is 0 Å². The molecule has 0 aromatic rings. The molecule has 1 aliphatic heterocycles. The number of carbonyl (C=O) groups excluding carboxylic acids is 1. The van der Waals surface area contributed by atoms with Gasteiger partial charge in [-0.15, -0.1) is 0 Å². The van der Waals surface area contributed by atoms with Gasteiger partial charge in [0.1, 0.15) is 6.04 Å². The first-order valence-electron chi connectivity index (χ1n) is 6.23. The summed E-state index contributed by atoms with van der Waals surface area (Å²) in [4.78, 5) is 11.8. The summed E-state index contributed by atoms with van der Waals surface area (Å²) in [6, 6.07) is -0.0241. The van der Waals surface area contributed by atoms with Crippen LogP contribution in [0.25, 0.3) is 0 Å². The standard InChI is InChI=1S/C12H21NO2/c1-2-15-12(14)11-10-6-4-3-5-9(10)7-8-13-11/h9-11,13H,2-8H2,1H3/t9-,10+,11?/m0/s1. The summed E-state index contributed by atoms with van der Waals surface area (Å²) in [5, 5.41) is 3.33. The zero-order valence-corrected chi connectivity index (χ0v) is 9.50. The van der Waals surface area contributed by atoms with Gasteiger partial charge < -0.3 is 10.1 Å². The van der Waals surface area contributed by atoms with E-state index in [1.54, 1.807) is 0 Å². The molecular weight excluding hydrogens is 190 g/mol. The van der Waals surface area contributed by atoms with Gasteiger partial charge >= 0.3 is 5.97 Å². The molecule has 0 radical (unpaired) electrons. The van der Waals surface area contributed by atoms with Crippen molar-refractivity contribution in [1.82, 2.24) is 5.32 Å². The van der Waals surface area contributed by atoms with Crippen molar-refractivity contribution in [1.29, 1.82) is 0 Å². The van der Waals surface area contributed by atoms with Gasteiger partial charge in [0.2, 0.25) is 0 Å². The van der Waals surface area contributed by atoms with E-state index in [1.165, 1.54) is 32.1 Å². The molecule has 3 heteroatoms. The molecule has 1 saturated heterocycles. The van der Waals surface area contributed by atoms with Crippen molar-refractivity contribution in [3.05, 3.63) is 0 Å². The molecule has 2 aliphatic rings. The van der Waals surface area contributed by atoms with Crippen LogP contribution >= 0.6 is 0 Å². The third kappa shape index (κ3) is 2.33. The van der Waals surface area contributed by atoms with E-state index in [4.69, 9.17) is 4.74 Å². The van der Waals surface area contributed by atoms with Crippen LogP contribution in [0, 0.1) is 11.8 Å². The molecule has 0 bridgehead atoms. The number of fused-ring (bicyclic) bond motifs is 1. The first kappa shape index (κ1) is 10.9. The Bertz CT molecular complexity index is 228. The Balaban J connectivity index is 2.00. The molecule has 3 nitrogen and oxygen atoms in total. The van der Waals surface area contributed by atoms with E-state index in [0.717, 1.165) is 12.5 Å². The lowest BCUT2D eigenvalue weighted by atomic mass is 9.71. The third-order valence-corrected chi connectivity index (χ3v) is 3.82. The lowest BCUT2D eigenvalue weighted by Crippen LogP contribution is -2.52. The Labute approximate surface area is 91.6 Å². The van der Waals surface area contributed by atoms with Gasteiger partial charge in [0, 0.05) is 0 Å². The minimum absolute atomic E-state index is 0.0241. The average Bonchev–Trinajstić information content (AvgIpc) is 2.28. The summed E-state index contributed by atoms with van der Waals surface area (Å²) in [6.07, 6.45) is 6.36. The molecule has 1 unspecified atom stereocenters. The van der Waals surface area contributed by atoms with Crippen LogP contribution in [0.4, 0.5) is 0 Å². The van der Waals surface area contributed by atoms with Crippen LogP contribution in [0.2, 0.25) is 0 Å². The van der Waals surface area contributed by atoms with E-state index in [-0.39, 0.29) is 12.0 Å². The van der Waals surface area contributed by atoms with E-state index >= 15 is 0 Å². The Kier molecular flexibility index (Phi) is 3.62. The number of piperidine rings is 1. The summed E-state index contributed by atoms with van der Waals surface area (Å²) >= 11 is 0. The summed E-state index contributed by atoms with van der Waals surface area (Å²) in [6.45, 7) is 3.35. The number of esters is 1. The number of rotatable bonds is 2. The van der Waals surface area contributed by atoms with Crippen LogP contribution in [-0.2, 0) is 9.53 Å². The molecule has 1 heterocycles. The van der Waals surface area contributed by atoms with E-state index in [0.29, 0.717) is 12.5 Å². The highest BCUT2D eigenvalue weighted by atomic mass is 16.5.